The van der Waals surface area contributed by atoms with Crippen LogP contribution >= 0.6 is 11.3 Å². The number of ether oxygens (including phenoxy) is 1. The van der Waals surface area contributed by atoms with Gasteiger partial charge in [0, 0.05) is 56.5 Å². The summed E-state index contributed by atoms with van der Waals surface area (Å²) >= 11 is 1.77. The van der Waals surface area contributed by atoms with Gasteiger partial charge in [0.25, 0.3) is 0 Å². The largest absolute Gasteiger partial charge is 0.379 e. The maximum absolute atomic E-state index is 5.59. The fourth-order valence-electron chi connectivity index (χ4n) is 4.33. The summed E-state index contributed by atoms with van der Waals surface area (Å²) < 4.78 is 5.59. The molecule has 1 aliphatic heterocycles. The van der Waals surface area contributed by atoms with Crippen LogP contribution in [0.25, 0.3) is 0 Å². The first-order valence-electron chi connectivity index (χ1n) is 10.8. The van der Waals surface area contributed by atoms with Gasteiger partial charge in [-0.1, -0.05) is 33.1 Å². The molecule has 2 fully saturated rings. The third-order valence-corrected chi connectivity index (χ3v) is 7.21. The van der Waals surface area contributed by atoms with Crippen LogP contribution in [0.1, 0.15) is 62.6 Å². The Morgan fingerprint density at radius 3 is 2.64 bits per heavy atom. The average molecular weight is 408 g/mol. The van der Waals surface area contributed by atoms with Gasteiger partial charge in [0.1, 0.15) is 0 Å². The molecule has 2 aliphatic rings. The molecule has 0 atom stereocenters. The van der Waals surface area contributed by atoms with Crippen molar-refractivity contribution in [1.82, 2.24) is 20.5 Å². The predicted octanol–water partition coefficient (Wildman–Crippen LogP) is 3.01. The Kier molecular flexibility index (Phi) is 8.11. The summed E-state index contributed by atoms with van der Waals surface area (Å²) in [4.78, 5) is 11.8. The number of aromatic nitrogens is 1. The van der Waals surface area contributed by atoms with E-state index in [1.807, 2.05) is 7.05 Å². The number of thiazole rings is 1. The van der Waals surface area contributed by atoms with E-state index in [1.54, 1.807) is 11.3 Å². The fourth-order valence-corrected chi connectivity index (χ4v) is 5.20. The van der Waals surface area contributed by atoms with Gasteiger partial charge in [-0.05, 0) is 12.8 Å². The van der Waals surface area contributed by atoms with Crippen LogP contribution in [0.15, 0.2) is 10.4 Å². The Bertz CT molecular complexity index is 618. The van der Waals surface area contributed by atoms with Gasteiger partial charge < -0.3 is 15.4 Å². The van der Waals surface area contributed by atoms with E-state index >= 15 is 0 Å². The van der Waals surface area contributed by atoms with Gasteiger partial charge in [0.05, 0.1) is 23.9 Å². The van der Waals surface area contributed by atoms with E-state index in [0.717, 1.165) is 51.8 Å². The van der Waals surface area contributed by atoms with Crippen molar-refractivity contribution in [3.8, 4) is 0 Å². The molecule has 28 heavy (non-hydrogen) atoms. The molecule has 0 radical (unpaired) electrons. The second-order valence-corrected chi connectivity index (χ2v) is 9.21. The third kappa shape index (κ3) is 5.67. The first kappa shape index (κ1) is 21.5. The zero-order valence-corrected chi connectivity index (χ0v) is 18.6. The molecule has 3 rings (SSSR count). The van der Waals surface area contributed by atoms with E-state index in [-0.39, 0.29) is 5.54 Å². The van der Waals surface area contributed by atoms with Crippen molar-refractivity contribution in [3.63, 3.8) is 0 Å². The molecule has 158 valence electrons. The van der Waals surface area contributed by atoms with Gasteiger partial charge in [0.2, 0.25) is 0 Å². The lowest BCUT2D eigenvalue weighted by atomic mass is 9.80. The van der Waals surface area contributed by atoms with Crippen LogP contribution < -0.4 is 10.6 Å². The quantitative estimate of drug-likeness (QED) is 0.537. The average Bonchev–Trinajstić information content (AvgIpc) is 3.21. The normalized spacial score (nSPS) is 21.1. The molecule has 1 aromatic heterocycles. The standard InChI is InChI=1S/C21H37N5OS/c1-17(2)19-25-18(15-28-19)7-10-23-20(22-3)24-16-21(8-5-4-6-9-21)26-11-13-27-14-12-26/h15,17H,4-14,16H2,1-3H3,(H2,22,23,24). The molecule has 2 heterocycles. The number of rotatable bonds is 7. The first-order valence-corrected chi connectivity index (χ1v) is 11.7. The highest BCUT2D eigenvalue weighted by atomic mass is 32.1. The molecule has 1 aromatic rings. The van der Waals surface area contributed by atoms with Gasteiger partial charge in [-0.2, -0.15) is 0 Å². The lowest BCUT2D eigenvalue weighted by Crippen LogP contribution is -2.60. The minimum Gasteiger partial charge on any atom is -0.379 e. The van der Waals surface area contributed by atoms with Crippen molar-refractivity contribution >= 4 is 17.3 Å². The monoisotopic (exact) mass is 407 g/mol. The van der Waals surface area contributed by atoms with Crippen LogP contribution in [0.2, 0.25) is 0 Å². The Morgan fingerprint density at radius 2 is 2.00 bits per heavy atom. The molecule has 0 bridgehead atoms. The maximum Gasteiger partial charge on any atom is 0.191 e. The second-order valence-electron chi connectivity index (χ2n) is 8.32. The highest BCUT2D eigenvalue weighted by Crippen LogP contribution is 2.33. The summed E-state index contributed by atoms with van der Waals surface area (Å²) in [6.45, 7) is 10.0. The molecule has 1 saturated heterocycles. The topological polar surface area (TPSA) is 61.8 Å². The second kappa shape index (κ2) is 10.6. The van der Waals surface area contributed by atoms with Crippen molar-refractivity contribution in [2.45, 2.75) is 63.8 Å². The van der Waals surface area contributed by atoms with E-state index < -0.39 is 0 Å². The molecule has 0 aromatic carbocycles. The van der Waals surface area contributed by atoms with Crippen LogP contribution in [-0.2, 0) is 11.2 Å². The number of aliphatic imine (C=N–C) groups is 1. The Balaban J connectivity index is 1.49. The Morgan fingerprint density at radius 1 is 1.25 bits per heavy atom. The molecular weight excluding hydrogens is 370 g/mol. The van der Waals surface area contributed by atoms with Gasteiger partial charge in [0.15, 0.2) is 5.96 Å². The van der Waals surface area contributed by atoms with Crippen molar-refractivity contribution < 1.29 is 4.74 Å². The summed E-state index contributed by atoms with van der Waals surface area (Å²) in [5.41, 5.74) is 1.43. The number of nitrogens with one attached hydrogen (secondary N) is 2. The van der Waals surface area contributed by atoms with Crippen molar-refractivity contribution in [1.29, 1.82) is 0 Å². The number of guanidine groups is 1. The predicted molar refractivity (Wildman–Crippen MR) is 117 cm³/mol. The van der Waals surface area contributed by atoms with Crippen molar-refractivity contribution in [2.75, 3.05) is 46.4 Å². The van der Waals surface area contributed by atoms with Crippen molar-refractivity contribution in [2.24, 2.45) is 4.99 Å². The minimum absolute atomic E-state index is 0.251. The van der Waals surface area contributed by atoms with E-state index in [2.05, 4.69) is 39.8 Å². The molecular formula is C21H37N5OS. The number of hydrogen-bond acceptors (Lipinski definition) is 5. The number of hydrogen-bond donors (Lipinski definition) is 2. The maximum atomic E-state index is 5.59. The summed E-state index contributed by atoms with van der Waals surface area (Å²) in [5.74, 6) is 1.41. The lowest BCUT2D eigenvalue weighted by molar-refractivity contribution is -0.0352. The fraction of sp³-hybridized carbons (Fsp3) is 0.810. The van der Waals surface area contributed by atoms with Gasteiger partial charge in [-0.3, -0.25) is 9.89 Å². The summed E-state index contributed by atoms with van der Waals surface area (Å²) in [7, 11) is 1.86. The number of nitrogens with zero attached hydrogens (tertiary/aromatic N) is 3. The van der Waals surface area contributed by atoms with Crippen LogP contribution in [-0.4, -0.2) is 67.8 Å². The lowest BCUT2D eigenvalue weighted by Gasteiger charge is -2.48. The van der Waals surface area contributed by atoms with Gasteiger partial charge in [-0.15, -0.1) is 11.3 Å². The van der Waals surface area contributed by atoms with Gasteiger partial charge >= 0.3 is 0 Å². The summed E-state index contributed by atoms with van der Waals surface area (Å²) in [6, 6.07) is 0. The molecule has 1 saturated carbocycles. The molecule has 7 heteroatoms. The zero-order valence-electron chi connectivity index (χ0n) is 17.8. The minimum atomic E-state index is 0.251. The summed E-state index contributed by atoms with van der Waals surface area (Å²) in [6.07, 6.45) is 7.49. The highest BCUT2D eigenvalue weighted by Gasteiger charge is 2.38. The SMILES string of the molecule is CN=C(NCCc1csc(C(C)C)n1)NCC1(N2CCOCC2)CCCCC1. The van der Waals surface area contributed by atoms with Gasteiger partial charge in [-0.25, -0.2) is 4.98 Å². The van der Waals surface area contributed by atoms with Crippen LogP contribution in [0.3, 0.4) is 0 Å². The molecule has 6 nitrogen and oxygen atoms in total. The molecule has 0 unspecified atom stereocenters. The highest BCUT2D eigenvalue weighted by molar-refractivity contribution is 7.09. The molecule has 0 spiro atoms. The van der Waals surface area contributed by atoms with E-state index in [9.17, 15) is 0 Å². The first-order chi connectivity index (χ1) is 13.6. The Labute approximate surface area is 174 Å². The third-order valence-electron chi connectivity index (χ3n) is 6.01. The van der Waals surface area contributed by atoms with Crippen LogP contribution in [0, 0.1) is 0 Å². The molecule has 2 N–H and O–H groups in total. The number of morpholine rings is 1. The van der Waals surface area contributed by atoms with Crippen LogP contribution in [0.4, 0.5) is 0 Å². The van der Waals surface area contributed by atoms with E-state index in [0.29, 0.717) is 5.92 Å². The summed E-state index contributed by atoms with van der Waals surface area (Å²) in [5, 5.41) is 10.5. The smallest absolute Gasteiger partial charge is 0.191 e. The van der Waals surface area contributed by atoms with E-state index in [4.69, 9.17) is 9.72 Å². The Hall–Kier alpha value is -1.18. The van der Waals surface area contributed by atoms with Crippen molar-refractivity contribution in [3.05, 3.63) is 16.1 Å². The molecule has 0 amide bonds. The van der Waals surface area contributed by atoms with Crippen LogP contribution in [0.5, 0.6) is 0 Å². The molecule has 1 aliphatic carbocycles. The zero-order chi connectivity index (χ0) is 19.8. The van der Waals surface area contributed by atoms with E-state index in [1.165, 1.54) is 42.8 Å².